The molecule has 0 fully saturated rings. The maximum atomic E-state index is 12.5. The molecule has 15 nitrogen and oxygen atoms in total. The zero-order chi connectivity index (χ0) is 28.3. The number of rotatable bonds is 11. The normalized spacial score (nSPS) is 19.9. The lowest BCUT2D eigenvalue weighted by atomic mass is 9.91. The summed E-state index contributed by atoms with van der Waals surface area (Å²) in [6.07, 6.45) is -3.44. The van der Waals surface area contributed by atoms with Crippen molar-refractivity contribution >= 4 is 41.7 Å². The molecule has 0 aliphatic carbocycles. The van der Waals surface area contributed by atoms with Gasteiger partial charge in [0.15, 0.2) is 24.9 Å². The average molecular weight is 530 g/mol. The van der Waals surface area contributed by atoms with Crippen molar-refractivity contribution in [2.24, 2.45) is 0 Å². The highest BCUT2D eigenvalue weighted by Crippen LogP contribution is 2.27. The highest BCUT2D eigenvalue weighted by atomic mass is 16.6. The van der Waals surface area contributed by atoms with Crippen LogP contribution in [-0.4, -0.2) is 92.4 Å². The Morgan fingerprint density at radius 2 is 1.46 bits per heavy atom. The molecule has 1 aliphatic heterocycles. The van der Waals surface area contributed by atoms with Gasteiger partial charge in [-0.3, -0.25) is 28.8 Å². The summed E-state index contributed by atoms with van der Waals surface area (Å²) in [5, 5.41) is 5.01. The van der Waals surface area contributed by atoms with Crippen LogP contribution in [0.4, 0.5) is 0 Å². The lowest BCUT2D eigenvalue weighted by Gasteiger charge is -2.41. The molecule has 0 aromatic rings. The van der Waals surface area contributed by atoms with Gasteiger partial charge in [0, 0.05) is 34.6 Å². The third-order valence-corrected chi connectivity index (χ3v) is 4.59. The first-order valence-electron chi connectivity index (χ1n) is 10.9. The molecule has 0 aromatic heterocycles. The Balaban J connectivity index is 3.63. The molecule has 2 N–H and O–H groups in total. The van der Waals surface area contributed by atoms with Gasteiger partial charge in [0.2, 0.25) is 11.7 Å². The number of amides is 2. The number of ether oxygens (including phenoxy) is 6. The number of methoxy groups -OCH3 is 1. The predicted octanol–water partition coefficient (Wildman–Crippen LogP) is -1.58. The van der Waals surface area contributed by atoms with Gasteiger partial charge in [-0.25, -0.2) is 4.79 Å². The van der Waals surface area contributed by atoms with E-state index in [1.54, 1.807) is 0 Å². The van der Waals surface area contributed by atoms with Crippen LogP contribution in [0.25, 0.3) is 0 Å². The van der Waals surface area contributed by atoms with Crippen molar-refractivity contribution < 1.29 is 62.0 Å². The van der Waals surface area contributed by atoms with Gasteiger partial charge in [-0.1, -0.05) is 0 Å². The topological polar surface area (TPSA) is 199 Å². The van der Waals surface area contributed by atoms with Crippen LogP contribution in [0.5, 0.6) is 0 Å². The molecule has 5 atom stereocenters. The van der Waals surface area contributed by atoms with Crippen molar-refractivity contribution in [3.63, 3.8) is 0 Å². The molecular weight excluding hydrogens is 500 g/mol. The fourth-order valence-electron chi connectivity index (χ4n) is 3.31. The number of esters is 5. The zero-order valence-electron chi connectivity index (χ0n) is 21.2. The molecule has 0 saturated carbocycles. The highest BCUT2D eigenvalue weighted by Gasteiger charge is 2.48. The summed E-state index contributed by atoms with van der Waals surface area (Å²) in [4.78, 5) is 83.2. The lowest BCUT2D eigenvalue weighted by molar-refractivity contribution is -0.188. The number of carbonyl (C=O) groups is 7. The Bertz CT molecular complexity index is 945. The van der Waals surface area contributed by atoms with Crippen LogP contribution < -0.4 is 10.6 Å². The second kappa shape index (κ2) is 14.4. The van der Waals surface area contributed by atoms with E-state index in [0.717, 1.165) is 40.9 Å². The van der Waals surface area contributed by atoms with E-state index in [9.17, 15) is 33.6 Å². The third-order valence-electron chi connectivity index (χ3n) is 4.59. The van der Waals surface area contributed by atoms with Gasteiger partial charge in [-0.05, 0) is 6.08 Å². The first-order chi connectivity index (χ1) is 17.2. The zero-order valence-corrected chi connectivity index (χ0v) is 21.2. The van der Waals surface area contributed by atoms with Gasteiger partial charge in [0.1, 0.15) is 6.61 Å². The monoisotopic (exact) mass is 530 g/mol. The molecule has 0 aromatic carbocycles. The van der Waals surface area contributed by atoms with Crippen LogP contribution in [0.2, 0.25) is 0 Å². The smallest absolute Gasteiger partial charge is 0.373 e. The summed E-state index contributed by atoms with van der Waals surface area (Å²) in [6.45, 7) is 4.11. The van der Waals surface area contributed by atoms with Gasteiger partial charge in [0.05, 0.1) is 19.2 Å². The van der Waals surface area contributed by atoms with Crippen LogP contribution in [-0.2, 0) is 62.0 Å². The second-order valence-corrected chi connectivity index (χ2v) is 7.73. The minimum atomic E-state index is -1.59. The Labute approximate surface area is 212 Å². The summed E-state index contributed by atoms with van der Waals surface area (Å²) in [5.41, 5.74) is 0. The van der Waals surface area contributed by atoms with Crippen LogP contribution >= 0.6 is 0 Å². The molecule has 37 heavy (non-hydrogen) atoms. The molecular formula is C22H30N2O13. The first-order valence-corrected chi connectivity index (χ1v) is 10.9. The van der Waals surface area contributed by atoms with E-state index in [-0.39, 0.29) is 0 Å². The molecule has 1 rings (SSSR count). The van der Waals surface area contributed by atoms with Crippen LogP contribution in [0.1, 0.15) is 34.6 Å². The molecule has 206 valence electrons. The Hall–Kier alpha value is -4.17. The molecule has 1 aliphatic rings. The van der Waals surface area contributed by atoms with Crippen molar-refractivity contribution in [3.8, 4) is 0 Å². The van der Waals surface area contributed by atoms with E-state index in [1.807, 2.05) is 0 Å². The van der Waals surface area contributed by atoms with Gasteiger partial charge in [-0.15, -0.1) is 0 Å². The third kappa shape index (κ3) is 10.5. The molecule has 15 heteroatoms. The van der Waals surface area contributed by atoms with Gasteiger partial charge in [0.25, 0.3) is 5.91 Å². The Kier molecular flexibility index (Phi) is 12.0. The van der Waals surface area contributed by atoms with Crippen molar-refractivity contribution in [1.82, 2.24) is 10.6 Å². The number of nitrogens with one attached hydrogen (secondary N) is 2. The Morgan fingerprint density at radius 1 is 0.865 bits per heavy atom. The Morgan fingerprint density at radius 3 is 1.95 bits per heavy atom. The van der Waals surface area contributed by atoms with Crippen molar-refractivity contribution in [3.05, 3.63) is 11.8 Å². The standard InChI is InChI=1S/C22H30N2O13/c1-10(25)23-15-7-16(22(31)32-6)37-21(19(15)24-18(30)9-34-12(3)27)20(36-14(5)29)17(35-13(4)28)8-33-11(2)26/h7,15,17,19-21H,8-9H2,1-6H3,(H,23,25)(H,24,30)/t15-,17-,19-,20-,21-/m1/s1. The number of hydrogen-bond donors (Lipinski definition) is 2. The van der Waals surface area contributed by atoms with E-state index in [2.05, 4.69) is 20.1 Å². The minimum absolute atomic E-state index is 0.428. The average Bonchev–Trinajstić information content (AvgIpc) is 2.78. The van der Waals surface area contributed by atoms with E-state index in [0.29, 0.717) is 0 Å². The first kappa shape index (κ1) is 30.9. The summed E-state index contributed by atoms with van der Waals surface area (Å²) in [7, 11) is 1.06. The van der Waals surface area contributed by atoms with Crippen LogP contribution in [0.15, 0.2) is 11.8 Å². The molecule has 0 unspecified atom stereocenters. The highest BCUT2D eigenvalue weighted by molar-refractivity contribution is 5.87. The summed E-state index contributed by atoms with van der Waals surface area (Å²) < 4.78 is 30.6. The fourth-order valence-corrected chi connectivity index (χ4v) is 3.31. The molecule has 0 spiro atoms. The van der Waals surface area contributed by atoms with Crippen LogP contribution in [0, 0.1) is 0 Å². The van der Waals surface area contributed by atoms with Crippen molar-refractivity contribution in [2.45, 2.75) is 65.0 Å². The number of hydrogen-bond acceptors (Lipinski definition) is 13. The van der Waals surface area contributed by atoms with Crippen LogP contribution in [0.3, 0.4) is 0 Å². The molecule has 0 saturated heterocycles. The van der Waals surface area contributed by atoms with Crippen molar-refractivity contribution in [1.29, 1.82) is 0 Å². The minimum Gasteiger partial charge on any atom is -0.477 e. The molecule has 0 radical (unpaired) electrons. The molecule has 1 heterocycles. The number of carbonyl (C=O) groups excluding carboxylic acids is 7. The SMILES string of the molecule is COC(=O)C1=C[C@@H](NC(C)=O)[C@@H](NC(=O)COC(C)=O)[C@H]([C@H](OC(C)=O)[C@@H](COC(C)=O)OC(C)=O)O1. The van der Waals surface area contributed by atoms with Gasteiger partial charge < -0.3 is 39.1 Å². The molecule has 0 bridgehead atoms. The maximum Gasteiger partial charge on any atom is 0.373 e. The van der Waals surface area contributed by atoms with Gasteiger partial charge in [-0.2, -0.15) is 0 Å². The van der Waals surface area contributed by atoms with E-state index in [4.69, 9.17) is 18.9 Å². The second-order valence-electron chi connectivity index (χ2n) is 7.73. The summed E-state index contributed by atoms with van der Waals surface area (Å²) in [5.74, 6) is -6.05. The predicted molar refractivity (Wildman–Crippen MR) is 119 cm³/mol. The van der Waals surface area contributed by atoms with E-state index >= 15 is 0 Å². The lowest BCUT2D eigenvalue weighted by Crippen LogP contribution is -2.65. The van der Waals surface area contributed by atoms with E-state index < -0.39 is 91.0 Å². The van der Waals surface area contributed by atoms with Gasteiger partial charge >= 0.3 is 29.8 Å². The van der Waals surface area contributed by atoms with E-state index in [1.165, 1.54) is 6.92 Å². The summed E-state index contributed by atoms with van der Waals surface area (Å²) in [6, 6.07) is -2.45. The quantitative estimate of drug-likeness (QED) is 0.229. The summed E-state index contributed by atoms with van der Waals surface area (Å²) >= 11 is 0. The fraction of sp³-hybridized carbons (Fsp3) is 0.591. The maximum absolute atomic E-state index is 12.5. The largest absolute Gasteiger partial charge is 0.477 e. The molecule has 2 amide bonds. The van der Waals surface area contributed by atoms with Crippen molar-refractivity contribution in [2.75, 3.05) is 20.3 Å².